The largest absolute Gasteiger partial charge is 0.477 e. The van der Waals surface area contributed by atoms with Gasteiger partial charge in [-0.2, -0.15) is 0 Å². The lowest BCUT2D eigenvalue weighted by molar-refractivity contribution is 0.0695. The number of benzene rings is 2. The molecule has 0 aliphatic carbocycles. The monoisotopic (exact) mass is 366 g/mol. The Bertz CT molecular complexity index is 1160. The van der Waals surface area contributed by atoms with E-state index in [-0.39, 0.29) is 5.52 Å². The van der Waals surface area contributed by atoms with Crippen molar-refractivity contribution >= 4 is 22.6 Å². The van der Waals surface area contributed by atoms with Crippen molar-refractivity contribution < 1.29 is 27.5 Å². The number of nitrogens with two attached hydrogens (primary N) is 1. The van der Waals surface area contributed by atoms with Crippen molar-refractivity contribution in [2.75, 3.05) is 5.73 Å². The lowest BCUT2D eigenvalue weighted by atomic mass is 10.0. The van der Waals surface area contributed by atoms with Crippen LogP contribution < -0.4 is 11.2 Å². The lowest BCUT2D eigenvalue weighted by Crippen LogP contribution is -2.20. The van der Waals surface area contributed by atoms with Crippen LogP contribution in [0.15, 0.2) is 29.2 Å². The number of aromatic carboxylic acids is 1. The second kappa shape index (κ2) is 5.87. The van der Waals surface area contributed by atoms with Crippen molar-refractivity contribution in [1.29, 1.82) is 0 Å². The van der Waals surface area contributed by atoms with E-state index in [1.54, 1.807) is 0 Å². The molecule has 0 radical (unpaired) electrons. The molecule has 26 heavy (non-hydrogen) atoms. The van der Waals surface area contributed by atoms with E-state index in [0.29, 0.717) is 12.1 Å². The minimum atomic E-state index is -1.65. The van der Waals surface area contributed by atoms with Crippen LogP contribution in [-0.2, 0) is 0 Å². The van der Waals surface area contributed by atoms with E-state index in [4.69, 9.17) is 5.73 Å². The Morgan fingerprint density at radius 1 is 1.08 bits per heavy atom. The van der Waals surface area contributed by atoms with Crippen molar-refractivity contribution in [1.82, 2.24) is 4.57 Å². The summed E-state index contributed by atoms with van der Waals surface area (Å²) in [6.07, 6.45) is 0.750. The van der Waals surface area contributed by atoms with Crippen LogP contribution >= 0.6 is 0 Å². The summed E-state index contributed by atoms with van der Waals surface area (Å²) in [6, 6.07) is 1.95. The molecule has 1 heterocycles. The molecule has 0 unspecified atom stereocenters. The third-order valence-electron chi connectivity index (χ3n) is 3.98. The number of aromatic nitrogens is 1. The minimum Gasteiger partial charge on any atom is -0.477 e. The molecule has 1 aromatic heterocycles. The first kappa shape index (κ1) is 17.5. The average Bonchev–Trinajstić information content (AvgIpc) is 2.56. The van der Waals surface area contributed by atoms with E-state index in [1.807, 2.05) is 0 Å². The SMILES string of the molecule is Cc1c(F)c(F)cc2c1c(=O)c(C(=O)O)cn2-c1cc(N)c(F)cc1F. The molecule has 0 saturated carbocycles. The first-order valence-corrected chi connectivity index (χ1v) is 7.15. The molecule has 0 aliphatic rings. The quantitative estimate of drug-likeness (QED) is 0.539. The molecular weight excluding hydrogens is 356 g/mol. The average molecular weight is 366 g/mol. The molecule has 3 N–H and O–H groups in total. The van der Waals surface area contributed by atoms with Gasteiger partial charge in [-0.1, -0.05) is 0 Å². The molecule has 0 spiro atoms. The fourth-order valence-corrected chi connectivity index (χ4v) is 2.70. The Kier molecular flexibility index (Phi) is 3.94. The Hall–Kier alpha value is -3.36. The van der Waals surface area contributed by atoms with Crippen molar-refractivity contribution in [3.8, 4) is 5.69 Å². The molecule has 0 amide bonds. The normalized spacial score (nSPS) is 11.1. The van der Waals surface area contributed by atoms with Gasteiger partial charge in [-0.05, 0) is 13.0 Å². The number of pyridine rings is 1. The molecule has 3 aromatic rings. The molecule has 0 atom stereocenters. The summed E-state index contributed by atoms with van der Waals surface area (Å²) in [5.41, 5.74) is 1.95. The zero-order valence-electron chi connectivity index (χ0n) is 13.1. The fourth-order valence-electron chi connectivity index (χ4n) is 2.70. The standard InChI is InChI=1S/C17H10F4N2O3/c1-6-14-13(3-10(20)15(6)21)23(5-7(16(14)24)17(25)26)12-4-11(22)8(18)2-9(12)19/h2-5H,22H2,1H3,(H,25,26). The first-order chi connectivity index (χ1) is 12.1. The molecule has 5 nitrogen and oxygen atoms in total. The van der Waals surface area contributed by atoms with Crippen LogP contribution in [-0.4, -0.2) is 15.6 Å². The Morgan fingerprint density at radius 2 is 1.73 bits per heavy atom. The highest BCUT2D eigenvalue weighted by Crippen LogP contribution is 2.27. The maximum atomic E-state index is 14.2. The number of carboxylic acids is 1. The summed E-state index contributed by atoms with van der Waals surface area (Å²) >= 11 is 0. The van der Waals surface area contributed by atoms with Crippen molar-refractivity contribution in [2.45, 2.75) is 6.92 Å². The van der Waals surface area contributed by atoms with Crippen molar-refractivity contribution in [2.24, 2.45) is 0 Å². The summed E-state index contributed by atoms with van der Waals surface area (Å²) < 4.78 is 56.2. The zero-order chi connectivity index (χ0) is 19.3. The van der Waals surface area contributed by atoms with Crippen molar-refractivity contribution in [3.05, 3.63) is 69.0 Å². The highest BCUT2D eigenvalue weighted by Gasteiger charge is 2.22. The molecule has 0 fully saturated rings. The van der Waals surface area contributed by atoms with Crippen LogP contribution in [0.1, 0.15) is 15.9 Å². The fraction of sp³-hybridized carbons (Fsp3) is 0.0588. The van der Waals surface area contributed by atoms with Gasteiger partial charge >= 0.3 is 5.97 Å². The van der Waals surface area contributed by atoms with Gasteiger partial charge in [-0.15, -0.1) is 0 Å². The van der Waals surface area contributed by atoms with Gasteiger partial charge in [0.2, 0.25) is 5.43 Å². The number of hydrogen-bond acceptors (Lipinski definition) is 3. The van der Waals surface area contributed by atoms with Gasteiger partial charge in [-0.25, -0.2) is 22.4 Å². The second-order valence-corrected chi connectivity index (χ2v) is 5.56. The zero-order valence-corrected chi connectivity index (χ0v) is 13.1. The minimum absolute atomic E-state index is 0.290. The van der Waals surface area contributed by atoms with Gasteiger partial charge in [0.15, 0.2) is 11.6 Å². The molecule has 0 aliphatic heterocycles. The van der Waals surface area contributed by atoms with E-state index in [1.165, 1.54) is 0 Å². The number of nitrogen functional groups attached to an aromatic ring is 1. The molecule has 0 bridgehead atoms. The maximum Gasteiger partial charge on any atom is 0.341 e. The molecule has 9 heteroatoms. The predicted molar refractivity (Wildman–Crippen MR) is 85.5 cm³/mol. The first-order valence-electron chi connectivity index (χ1n) is 7.15. The summed E-state index contributed by atoms with van der Waals surface area (Å²) in [5.74, 6) is -6.49. The number of fused-ring (bicyclic) bond motifs is 1. The van der Waals surface area contributed by atoms with Gasteiger partial charge < -0.3 is 15.4 Å². The van der Waals surface area contributed by atoms with Crippen LogP contribution in [0.4, 0.5) is 23.2 Å². The molecule has 2 aromatic carbocycles. The van der Waals surface area contributed by atoms with Crippen LogP contribution in [0.3, 0.4) is 0 Å². The Morgan fingerprint density at radius 3 is 2.35 bits per heavy atom. The van der Waals surface area contributed by atoms with E-state index in [9.17, 15) is 32.3 Å². The van der Waals surface area contributed by atoms with Crippen LogP contribution in [0.5, 0.6) is 0 Å². The number of carbonyl (C=O) groups is 1. The maximum absolute atomic E-state index is 14.2. The predicted octanol–water partition coefficient (Wildman–Crippen LogP) is 3.14. The summed E-state index contributed by atoms with van der Waals surface area (Å²) in [4.78, 5) is 23.7. The Labute approximate surface area is 142 Å². The van der Waals surface area contributed by atoms with E-state index in [0.717, 1.165) is 23.8 Å². The van der Waals surface area contributed by atoms with Gasteiger partial charge in [0.1, 0.15) is 17.2 Å². The molecule has 3 rings (SSSR count). The van der Waals surface area contributed by atoms with Gasteiger partial charge in [-0.3, -0.25) is 4.79 Å². The van der Waals surface area contributed by atoms with E-state index >= 15 is 0 Å². The smallest absolute Gasteiger partial charge is 0.341 e. The third-order valence-corrected chi connectivity index (χ3v) is 3.98. The summed E-state index contributed by atoms with van der Waals surface area (Å²) in [6.45, 7) is 1.09. The number of anilines is 1. The third kappa shape index (κ3) is 2.48. The summed E-state index contributed by atoms with van der Waals surface area (Å²) in [5, 5.41) is 8.78. The van der Waals surface area contributed by atoms with Gasteiger partial charge in [0.25, 0.3) is 0 Å². The van der Waals surface area contributed by atoms with Crippen LogP contribution in [0.25, 0.3) is 16.6 Å². The van der Waals surface area contributed by atoms with Gasteiger partial charge in [0, 0.05) is 23.9 Å². The second-order valence-electron chi connectivity index (χ2n) is 5.56. The van der Waals surface area contributed by atoms with Crippen LogP contribution in [0, 0.1) is 30.2 Å². The number of halogens is 4. The number of carboxylic acid groups (broad SMARTS) is 1. The topological polar surface area (TPSA) is 85.3 Å². The van der Waals surface area contributed by atoms with Gasteiger partial charge in [0.05, 0.1) is 22.3 Å². The number of aryl methyl sites for hydroxylation is 1. The highest BCUT2D eigenvalue weighted by atomic mass is 19.2. The summed E-state index contributed by atoms with van der Waals surface area (Å²) in [7, 11) is 0. The molecule has 134 valence electrons. The number of rotatable bonds is 2. The van der Waals surface area contributed by atoms with E-state index in [2.05, 4.69) is 0 Å². The number of nitrogens with zero attached hydrogens (tertiary/aromatic N) is 1. The Balaban J connectivity index is 2.58. The van der Waals surface area contributed by atoms with E-state index < -0.39 is 62.6 Å². The molecular formula is C17H10F4N2O3. The van der Waals surface area contributed by atoms with Crippen LogP contribution in [0.2, 0.25) is 0 Å². The molecule has 0 saturated heterocycles. The number of hydrogen-bond donors (Lipinski definition) is 2. The van der Waals surface area contributed by atoms with Crippen molar-refractivity contribution in [3.63, 3.8) is 0 Å². The lowest BCUT2D eigenvalue weighted by Gasteiger charge is -2.16. The highest BCUT2D eigenvalue weighted by molar-refractivity contribution is 5.94.